The molecule has 0 aliphatic carbocycles. The Balaban J connectivity index is 1.51. The minimum atomic E-state index is -4.58. The second-order valence-corrected chi connectivity index (χ2v) is 17.8. The van der Waals surface area contributed by atoms with Crippen LogP contribution in [0.25, 0.3) is 0 Å². The van der Waals surface area contributed by atoms with E-state index in [0.717, 1.165) is 24.3 Å². The first kappa shape index (κ1) is 35.7. The first-order valence-electron chi connectivity index (χ1n) is 16.3. The average molecular weight is 740 g/mol. The van der Waals surface area contributed by atoms with Crippen LogP contribution in [0.4, 0.5) is 26.3 Å². The fourth-order valence-electron chi connectivity index (χ4n) is 6.15. The second-order valence-electron chi connectivity index (χ2n) is 12.1. The fraction of sp³-hybridized carbons (Fsp3) is 0.0526. The predicted molar refractivity (Wildman–Crippen MR) is 194 cm³/mol. The van der Waals surface area contributed by atoms with Gasteiger partial charge in [0.1, 0.15) is 0 Å². The highest BCUT2D eigenvalue weighted by Gasteiger charge is 2.58. The van der Waals surface area contributed by atoms with Crippen LogP contribution in [0.3, 0.4) is 0 Å². The second kappa shape index (κ2) is 14.4. The summed E-state index contributed by atoms with van der Waals surface area (Å²) in [7, 11) is -10.8. The summed E-state index contributed by atoms with van der Waals surface area (Å²) in [5, 5.41) is 2.43. The van der Waals surface area contributed by atoms with Gasteiger partial charge in [-0.15, -0.1) is 0 Å². The molecule has 0 amide bonds. The Kier molecular flexibility index (Phi) is 9.87. The summed E-state index contributed by atoms with van der Waals surface area (Å²) >= 11 is 0. The van der Waals surface area contributed by atoms with Gasteiger partial charge in [-0.2, -0.15) is 26.3 Å². The molecule has 1 aliphatic heterocycles. The lowest BCUT2D eigenvalue weighted by atomic mass is 9.80. The largest absolute Gasteiger partial charge is 0.476 e. The van der Waals surface area contributed by atoms with E-state index < -0.39 is 54.8 Å². The van der Waals surface area contributed by atoms with Crippen molar-refractivity contribution >= 4 is 63.0 Å². The Morgan fingerprint density at radius 1 is 0.327 bits per heavy atom. The molecule has 260 valence electrons. The van der Waals surface area contributed by atoms with Crippen LogP contribution in [-0.2, 0) is 29.7 Å². The van der Waals surface area contributed by atoms with Crippen LogP contribution in [0.15, 0.2) is 170 Å². The lowest BCUT2D eigenvalue weighted by molar-refractivity contribution is -0.138. The lowest BCUT2D eigenvalue weighted by Gasteiger charge is -2.44. The summed E-state index contributed by atoms with van der Waals surface area (Å²) < 4.78 is 111. The van der Waals surface area contributed by atoms with Crippen molar-refractivity contribution in [1.82, 2.24) is 0 Å². The molecule has 0 saturated carbocycles. The van der Waals surface area contributed by atoms with Gasteiger partial charge in [0.25, 0.3) is 0 Å². The molecule has 0 aromatic heterocycles. The molecule has 0 unspecified atom stereocenters. The summed E-state index contributed by atoms with van der Waals surface area (Å²) in [5.41, 5.74) is -1.14. The number of alkyl halides is 6. The maximum absolute atomic E-state index is 13.8. The normalized spacial score (nSPS) is 16.2. The molecule has 4 nitrogen and oxygen atoms in total. The monoisotopic (exact) mass is 740 g/mol. The van der Waals surface area contributed by atoms with Crippen molar-refractivity contribution in [3.63, 3.8) is 0 Å². The zero-order valence-electron chi connectivity index (χ0n) is 27.2. The summed E-state index contributed by atoms with van der Waals surface area (Å²) in [5.74, 6) is 0. The standard InChI is InChI=1S/C38H28B2F6O4Si2/c41-37(42,43)29-21-25-31(26-22-29)39-47-51(33-13-5-1-6-14-33,34-15-7-2-8-16-34)48-40(32-27-23-30(24-28-32)38(44,45)46)50-52(49-39,35-17-9-3-10-18-35)36-19-11-4-12-20-36/h1-28H. The number of halogens is 6. The zero-order valence-corrected chi connectivity index (χ0v) is 29.2. The van der Waals surface area contributed by atoms with Crippen molar-refractivity contribution < 1.29 is 43.7 Å². The van der Waals surface area contributed by atoms with Gasteiger partial charge in [-0.05, 0) is 31.7 Å². The van der Waals surface area contributed by atoms with Crippen LogP contribution in [0, 0.1) is 0 Å². The summed E-state index contributed by atoms with van der Waals surface area (Å²) in [4.78, 5) is 0. The third kappa shape index (κ3) is 7.18. The van der Waals surface area contributed by atoms with Crippen molar-refractivity contribution in [2.45, 2.75) is 12.4 Å². The Morgan fingerprint density at radius 3 is 0.769 bits per heavy atom. The van der Waals surface area contributed by atoms with Crippen LogP contribution in [0.2, 0.25) is 0 Å². The smallest absolute Gasteiger partial charge is 0.423 e. The average Bonchev–Trinajstić information content (AvgIpc) is 3.16. The van der Waals surface area contributed by atoms with Crippen LogP contribution in [0.1, 0.15) is 11.1 Å². The van der Waals surface area contributed by atoms with E-state index in [1.807, 2.05) is 72.8 Å². The number of benzene rings is 6. The Bertz CT molecular complexity index is 1830. The van der Waals surface area contributed by atoms with E-state index in [9.17, 15) is 26.3 Å². The third-order valence-corrected chi connectivity index (χ3v) is 15.3. The van der Waals surface area contributed by atoms with Gasteiger partial charge in [0.2, 0.25) is 0 Å². The first-order chi connectivity index (χ1) is 25.0. The summed E-state index contributed by atoms with van der Waals surface area (Å²) in [6.45, 7) is 0. The van der Waals surface area contributed by atoms with Crippen molar-refractivity contribution in [2.75, 3.05) is 0 Å². The van der Waals surface area contributed by atoms with Gasteiger partial charge in [-0.3, -0.25) is 0 Å². The molecule has 14 heteroatoms. The van der Waals surface area contributed by atoms with Crippen molar-refractivity contribution in [3.8, 4) is 0 Å². The van der Waals surface area contributed by atoms with E-state index in [0.29, 0.717) is 20.7 Å². The number of hydrogen-bond acceptors (Lipinski definition) is 4. The van der Waals surface area contributed by atoms with Crippen LogP contribution < -0.4 is 31.7 Å². The highest BCUT2D eigenvalue weighted by Crippen LogP contribution is 2.30. The van der Waals surface area contributed by atoms with E-state index in [2.05, 4.69) is 0 Å². The molecule has 0 radical (unpaired) electrons. The number of hydrogen-bond donors (Lipinski definition) is 0. The van der Waals surface area contributed by atoms with Gasteiger partial charge in [-0.1, -0.05) is 170 Å². The molecular formula is C38H28B2F6O4Si2. The number of rotatable bonds is 6. The minimum absolute atomic E-state index is 0.278. The molecule has 1 aliphatic rings. The van der Waals surface area contributed by atoms with Crippen LogP contribution in [-0.4, -0.2) is 31.4 Å². The molecule has 1 saturated heterocycles. The summed E-state index contributed by atoms with van der Waals surface area (Å²) in [6.07, 6.45) is -9.16. The zero-order chi connectivity index (χ0) is 36.4. The predicted octanol–water partition coefficient (Wildman–Crippen LogP) is 5.41. The Hall–Kier alpha value is -4.70. The van der Waals surface area contributed by atoms with Gasteiger partial charge >= 0.3 is 43.7 Å². The topological polar surface area (TPSA) is 36.9 Å². The van der Waals surface area contributed by atoms with Crippen molar-refractivity contribution in [3.05, 3.63) is 181 Å². The van der Waals surface area contributed by atoms with Crippen molar-refractivity contribution in [2.24, 2.45) is 0 Å². The van der Waals surface area contributed by atoms with Gasteiger partial charge in [0.05, 0.1) is 11.1 Å². The maximum atomic E-state index is 13.8. The highest BCUT2D eigenvalue weighted by molar-refractivity contribution is 7.06. The van der Waals surface area contributed by atoms with E-state index in [1.165, 1.54) is 24.3 Å². The SMILES string of the molecule is FC(F)(F)c1ccc(B2O[Si](c3ccccc3)(c3ccccc3)OB(c3ccc(C(F)(F)F)cc3)O[Si](c3ccccc3)(c3ccccc3)O2)cc1. The molecule has 1 fully saturated rings. The van der Waals surface area contributed by atoms with E-state index in [1.54, 1.807) is 48.5 Å². The molecule has 7 rings (SSSR count). The molecule has 0 bridgehead atoms. The quantitative estimate of drug-likeness (QED) is 0.169. The maximum Gasteiger partial charge on any atom is 0.476 e. The van der Waals surface area contributed by atoms with Crippen molar-refractivity contribution in [1.29, 1.82) is 0 Å². The summed E-state index contributed by atoms with van der Waals surface area (Å²) in [6, 6.07) is 45.3. The van der Waals surface area contributed by atoms with Gasteiger partial charge < -0.3 is 17.4 Å². The van der Waals surface area contributed by atoms with E-state index >= 15 is 0 Å². The van der Waals surface area contributed by atoms with Crippen LogP contribution in [0.5, 0.6) is 0 Å². The first-order valence-corrected chi connectivity index (χ1v) is 19.9. The van der Waals surface area contributed by atoms with E-state index in [-0.39, 0.29) is 10.9 Å². The Labute approximate surface area is 299 Å². The highest BCUT2D eigenvalue weighted by atomic mass is 28.4. The Morgan fingerprint density at radius 2 is 0.558 bits per heavy atom. The third-order valence-electron chi connectivity index (χ3n) is 8.73. The van der Waals surface area contributed by atoms with Gasteiger partial charge in [0.15, 0.2) is 0 Å². The molecule has 52 heavy (non-hydrogen) atoms. The van der Waals surface area contributed by atoms with Gasteiger partial charge in [-0.25, -0.2) is 0 Å². The minimum Gasteiger partial charge on any atom is -0.423 e. The molecule has 1 heterocycles. The van der Waals surface area contributed by atoms with Gasteiger partial charge in [0, 0.05) is 0 Å². The fourth-order valence-corrected chi connectivity index (χ4v) is 12.7. The molecule has 0 spiro atoms. The van der Waals surface area contributed by atoms with E-state index in [4.69, 9.17) is 17.4 Å². The molecule has 6 aromatic rings. The van der Waals surface area contributed by atoms with Crippen LogP contribution >= 0.6 is 0 Å². The molecule has 0 N–H and O–H groups in total. The molecule has 6 aromatic carbocycles. The molecular weight excluding hydrogens is 712 g/mol. The lowest BCUT2D eigenvalue weighted by Crippen LogP contribution is -2.78. The molecule has 0 atom stereocenters.